The third-order valence-electron chi connectivity index (χ3n) is 5.37. The molecule has 0 aromatic carbocycles. The predicted molar refractivity (Wildman–Crippen MR) is 82.3 cm³/mol. The largest absolute Gasteiger partial charge is 0.326 e. The molecule has 2 fully saturated rings. The molecule has 1 heterocycles. The fraction of sp³-hybridized carbons (Fsp3) is 1.00. The fourth-order valence-electron chi connectivity index (χ4n) is 4.14. The highest BCUT2D eigenvalue weighted by Gasteiger charge is 2.34. The monoisotopic (exact) mass is 267 g/mol. The summed E-state index contributed by atoms with van der Waals surface area (Å²) in [4.78, 5) is 5.10. The molecular formula is C16H33N3. The van der Waals surface area contributed by atoms with Gasteiger partial charge in [-0.05, 0) is 58.7 Å². The molecule has 0 aromatic rings. The van der Waals surface area contributed by atoms with E-state index in [1.54, 1.807) is 0 Å². The van der Waals surface area contributed by atoms with Crippen LogP contribution in [0.4, 0.5) is 0 Å². The molecular weight excluding hydrogens is 234 g/mol. The van der Waals surface area contributed by atoms with Gasteiger partial charge in [-0.25, -0.2) is 0 Å². The maximum atomic E-state index is 6.42. The predicted octanol–water partition coefficient (Wildman–Crippen LogP) is 2.31. The van der Waals surface area contributed by atoms with Crippen LogP contribution in [-0.4, -0.2) is 55.1 Å². The number of likely N-dealkylation sites (tertiary alicyclic amines) is 1. The van der Waals surface area contributed by atoms with Gasteiger partial charge in [-0.2, -0.15) is 0 Å². The standard InChI is InChI=1S/C16H33N3/c1-4-6-13-8-9-15(17)16(11-13)19(3)14-7-5-10-18(2)12-14/h13-16H,4-12,17H2,1-3H3. The minimum Gasteiger partial charge on any atom is -0.326 e. The van der Waals surface area contributed by atoms with E-state index in [-0.39, 0.29) is 0 Å². The van der Waals surface area contributed by atoms with Crippen molar-refractivity contribution in [3.05, 3.63) is 0 Å². The van der Waals surface area contributed by atoms with Gasteiger partial charge in [0.05, 0.1) is 0 Å². The maximum Gasteiger partial charge on any atom is 0.0250 e. The van der Waals surface area contributed by atoms with Gasteiger partial charge < -0.3 is 10.6 Å². The molecule has 0 bridgehead atoms. The van der Waals surface area contributed by atoms with Crippen LogP contribution in [0.15, 0.2) is 0 Å². The van der Waals surface area contributed by atoms with Crippen molar-refractivity contribution in [1.29, 1.82) is 0 Å². The van der Waals surface area contributed by atoms with Crippen molar-refractivity contribution in [2.75, 3.05) is 27.2 Å². The van der Waals surface area contributed by atoms with Crippen molar-refractivity contribution in [3.8, 4) is 0 Å². The second-order valence-corrected chi connectivity index (χ2v) is 6.92. The summed E-state index contributed by atoms with van der Waals surface area (Å²) in [5, 5.41) is 0. The number of hydrogen-bond donors (Lipinski definition) is 1. The van der Waals surface area contributed by atoms with Crippen molar-refractivity contribution in [2.45, 2.75) is 70.0 Å². The van der Waals surface area contributed by atoms with Crippen LogP contribution in [0.2, 0.25) is 0 Å². The van der Waals surface area contributed by atoms with E-state index in [1.807, 2.05) is 0 Å². The van der Waals surface area contributed by atoms with Gasteiger partial charge in [0.2, 0.25) is 0 Å². The highest BCUT2D eigenvalue weighted by atomic mass is 15.2. The molecule has 1 aliphatic carbocycles. The zero-order valence-electron chi connectivity index (χ0n) is 13.1. The Morgan fingerprint density at radius 2 is 2.05 bits per heavy atom. The first-order valence-corrected chi connectivity index (χ1v) is 8.27. The topological polar surface area (TPSA) is 32.5 Å². The van der Waals surface area contributed by atoms with Gasteiger partial charge in [0.25, 0.3) is 0 Å². The normalized spacial score (nSPS) is 37.7. The smallest absolute Gasteiger partial charge is 0.0250 e. The average Bonchev–Trinajstić information content (AvgIpc) is 2.40. The summed E-state index contributed by atoms with van der Waals surface area (Å²) in [7, 11) is 4.57. The minimum atomic E-state index is 0.394. The highest BCUT2D eigenvalue weighted by molar-refractivity contribution is 4.92. The SMILES string of the molecule is CCCC1CCC(N)C(N(C)C2CCCN(C)C2)C1. The van der Waals surface area contributed by atoms with Gasteiger partial charge in [0.15, 0.2) is 0 Å². The first-order chi connectivity index (χ1) is 9.11. The number of hydrogen-bond acceptors (Lipinski definition) is 3. The first kappa shape index (κ1) is 15.3. The Bertz CT molecular complexity index is 269. The lowest BCUT2D eigenvalue weighted by Crippen LogP contribution is -2.56. The van der Waals surface area contributed by atoms with Gasteiger partial charge in [-0.3, -0.25) is 4.90 Å². The van der Waals surface area contributed by atoms with Crippen molar-refractivity contribution in [2.24, 2.45) is 11.7 Å². The number of rotatable bonds is 4. The fourth-order valence-corrected chi connectivity index (χ4v) is 4.14. The molecule has 0 amide bonds. The van der Waals surface area contributed by atoms with Crippen molar-refractivity contribution >= 4 is 0 Å². The molecule has 3 nitrogen and oxygen atoms in total. The molecule has 3 heteroatoms. The summed E-state index contributed by atoms with van der Waals surface area (Å²) < 4.78 is 0. The van der Waals surface area contributed by atoms with Crippen LogP contribution in [0.25, 0.3) is 0 Å². The van der Waals surface area contributed by atoms with Gasteiger partial charge in [-0.15, -0.1) is 0 Å². The van der Waals surface area contributed by atoms with E-state index in [0.29, 0.717) is 12.1 Å². The van der Waals surface area contributed by atoms with Gasteiger partial charge in [0.1, 0.15) is 0 Å². The number of nitrogens with two attached hydrogens (primary N) is 1. The summed E-state index contributed by atoms with van der Waals surface area (Å²) in [6, 6.07) is 1.72. The Morgan fingerprint density at radius 1 is 1.26 bits per heavy atom. The summed E-state index contributed by atoms with van der Waals surface area (Å²) >= 11 is 0. The molecule has 19 heavy (non-hydrogen) atoms. The van der Waals surface area contributed by atoms with E-state index in [4.69, 9.17) is 5.73 Å². The third kappa shape index (κ3) is 3.93. The summed E-state index contributed by atoms with van der Waals surface area (Å²) in [6.45, 7) is 4.79. The second-order valence-electron chi connectivity index (χ2n) is 6.92. The average molecular weight is 267 g/mol. The molecule has 1 saturated carbocycles. The van der Waals surface area contributed by atoms with Crippen LogP contribution in [0.3, 0.4) is 0 Å². The Morgan fingerprint density at radius 3 is 2.74 bits per heavy atom. The van der Waals surface area contributed by atoms with Crippen LogP contribution in [-0.2, 0) is 0 Å². The van der Waals surface area contributed by atoms with Crippen LogP contribution in [0.1, 0.15) is 51.9 Å². The van der Waals surface area contributed by atoms with Crippen molar-refractivity contribution in [3.63, 3.8) is 0 Å². The molecule has 2 N–H and O–H groups in total. The molecule has 4 atom stereocenters. The molecule has 0 radical (unpaired) electrons. The molecule has 2 aliphatic rings. The number of nitrogens with zero attached hydrogens (tertiary/aromatic N) is 2. The molecule has 2 rings (SSSR count). The first-order valence-electron chi connectivity index (χ1n) is 8.27. The minimum absolute atomic E-state index is 0.394. The van der Waals surface area contributed by atoms with Crippen LogP contribution in [0, 0.1) is 5.92 Å². The van der Waals surface area contributed by atoms with E-state index in [1.165, 1.54) is 58.0 Å². The van der Waals surface area contributed by atoms with Crippen LogP contribution in [0.5, 0.6) is 0 Å². The third-order valence-corrected chi connectivity index (χ3v) is 5.37. The lowest BCUT2D eigenvalue weighted by Gasteiger charge is -2.45. The Labute approximate surface area is 119 Å². The maximum absolute atomic E-state index is 6.42. The quantitative estimate of drug-likeness (QED) is 0.848. The molecule has 1 aliphatic heterocycles. The number of piperidine rings is 1. The van der Waals surface area contributed by atoms with Crippen LogP contribution >= 0.6 is 0 Å². The van der Waals surface area contributed by atoms with E-state index in [9.17, 15) is 0 Å². The van der Waals surface area contributed by atoms with E-state index in [0.717, 1.165) is 12.0 Å². The van der Waals surface area contributed by atoms with Crippen LogP contribution < -0.4 is 5.73 Å². The Hall–Kier alpha value is -0.120. The Kier molecular flexibility index (Phi) is 5.67. The molecule has 1 saturated heterocycles. The second kappa shape index (κ2) is 7.05. The lowest BCUT2D eigenvalue weighted by atomic mass is 9.79. The zero-order valence-corrected chi connectivity index (χ0v) is 13.1. The highest BCUT2D eigenvalue weighted by Crippen LogP contribution is 2.31. The van der Waals surface area contributed by atoms with Gasteiger partial charge in [0, 0.05) is 24.7 Å². The van der Waals surface area contributed by atoms with E-state index < -0.39 is 0 Å². The zero-order chi connectivity index (χ0) is 13.8. The van der Waals surface area contributed by atoms with Gasteiger partial charge in [-0.1, -0.05) is 19.8 Å². The summed E-state index contributed by atoms with van der Waals surface area (Å²) in [5.41, 5.74) is 6.42. The summed E-state index contributed by atoms with van der Waals surface area (Å²) in [5.74, 6) is 0.915. The van der Waals surface area contributed by atoms with Crippen molar-refractivity contribution in [1.82, 2.24) is 9.80 Å². The lowest BCUT2D eigenvalue weighted by molar-refractivity contribution is 0.0570. The number of likely N-dealkylation sites (N-methyl/N-ethyl adjacent to an activating group) is 2. The van der Waals surface area contributed by atoms with Gasteiger partial charge >= 0.3 is 0 Å². The summed E-state index contributed by atoms with van der Waals surface area (Å²) in [6.07, 6.45) is 9.30. The molecule has 0 aromatic heterocycles. The molecule has 0 spiro atoms. The molecule has 112 valence electrons. The van der Waals surface area contributed by atoms with Crippen molar-refractivity contribution < 1.29 is 0 Å². The van der Waals surface area contributed by atoms with E-state index in [2.05, 4.69) is 30.8 Å². The van der Waals surface area contributed by atoms with E-state index >= 15 is 0 Å². The Balaban J connectivity index is 1.93. The molecule has 4 unspecified atom stereocenters.